The number of rotatable bonds is 5. The lowest BCUT2D eigenvalue weighted by Gasteiger charge is -2.17. The molecule has 136 valence electrons. The molecule has 0 radical (unpaired) electrons. The van der Waals surface area contributed by atoms with E-state index in [0.717, 1.165) is 28.8 Å². The van der Waals surface area contributed by atoms with Crippen LogP contribution in [0.5, 0.6) is 5.75 Å². The van der Waals surface area contributed by atoms with Crippen molar-refractivity contribution >= 4 is 45.3 Å². The van der Waals surface area contributed by atoms with Gasteiger partial charge in [-0.15, -0.1) is 0 Å². The Morgan fingerprint density at radius 2 is 1.96 bits per heavy atom. The smallest absolute Gasteiger partial charge is 0.271 e. The summed E-state index contributed by atoms with van der Waals surface area (Å²) >= 11 is 9.52. The van der Waals surface area contributed by atoms with E-state index < -0.39 is 0 Å². The van der Waals surface area contributed by atoms with Crippen LogP contribution in [-0.2, 0) is 0 Å². The van der Waals surface area contributed by atoms with Crippen LogP contribution in [0.4, 0.5) is 5.69 Å². The zero-order valence-corrected chi connectivity index (χ0v) is 16.7. The highest BCUT2D eigenvalue weighted by molar-refractivity contribution is 9.10. The molecule has 7 heteroatoms. The maximum Gasteiger partial charge on any atom is 0.271 e. The molecule has 0 saturated carbocycles. The molecular formula is C19H19BrClN3O2. The molecule has 0 bridgehead atoms. The molecule has 5 nitrogen and oxygen atoms in total. The van der Waals surface area contributed by atoms with E-state index in [1.54, 1.807) is 13.2 Å². The average molecular weight is 437 g/mol. The molecule has 0 aromatic heterocycles. The highest BCUT2D eigenvalue weighted by Gasteiger charge is 2.13. The van der Waals surface area contributed by atoms with Crippen molar-refractivity contribution in [1.29, 1.82) is 0 Å². The molecule has 2 aromatic carbocycles. The van der Waals surface area contributed by atoms with Crippen LogP contribution in [0, 0.1) is 0 Å². The predicted molar refractivity (Wildman–Crippen MR) is 109 cm³/mol. The molecule has 3 rings (SSSR count). The molecule has 1 saturated heterocycles. The molecule has 1 aliphatic rings. The van der Waals surface area contributed by atoms with Gasteiger partial charge in [0.1, 0.15) is 0 Å². The van der Waals surface area contributed by atoms with E-state index in [4.69, 9.17) is 16.3 Å². The van der Waals surface area contributed by atoms with Crippen molar-refractivity contribution in [3.05, 3.63) is 57.0 Å². The molecule has 1 fully saturated rings. The standard InChI is InChI=1S/C19H19BrClN3O2/c1-26-18-16(20)10-13(11-17(18)21)12-22-23-19(25)14-4-6-15(7-5-14)24-8-2-3-9-24/h4-7,10-12H,2-3,8-9H2,1H3,(H,23,25)/b22-12-. The molecule has 1 aliphatic heterocycles. The van der Waals surface area contributed by atoms with Gasteiger partial charge in [-0.2, -0.15) is 5.10 Å². The maximum atomic E-state index is 12.2. The summed E-state index contributed by atoms with van der Waals surface area (Å²) in [5, 5.41) is 4.47. The van der Waals surface area contributed by atoms with Gasteiger partial charge in [-0.3, -0.25) is 4.79 Å². The van der Waals surface area contributed by atoms with E-state index in [-0.39, 0.29) is 5.91 Å². The predicted octanol–water partition coefficient (Wildman–Crippen LogP) is 4.48. The minimum atomic E-state index is -0.257. The molecular weight excluding hydrogens is 418 g/mol. The number of carbonyl (C=O) groups is 1. The fraction of sp³-hybridized carbons (Fsp3) is 0.263. The van der Waals surface area contributed by atoms with Gasteiger partial charge in [0.2, 0.25) is 0 Å². The number of amides is 1. The molecule has 26 heavy (non-hydrogen) atoms. The molecule has 2 aromatic rings. The summed E-state index contributed by atoms with van der Waals surface area (Å²) in [6.45, 7) is 2.16. The van der Waals surface area contributed by atoms with Gasteiger partial charge in [-0.25, -0.2) is 5.43 Å². The summed E-state index contributed by atoms with van der Waals surface area (Å²) in [4.78, 5) is 14.5. The molecule has 0 spiro atoms. The summed E-state index contributed by atoms with van der Waals surface area (Å²) in [6, 6.07) is 11.1. The minimum Gasteiger partial charge on any atom is -0.494 e. The number of hydrogen-bond acceptors (Lipinski definition) is 4. The minimum absolute atomic E-state index is 0.257. The summed E-state index contributed by atoms with van der Waals surface area (Å²) in [5.74, 6) is 0.304. The van der Waals surface area contributed by atoms with Crippen LogP contribution in [0.15, 0.2) is 46.0 Å². The molecule has 0 atom stereocenters. The topological polar surface area (TPSA) is 53.9 Å². The van der Waals surface area contributed by atoms with E-state index in [9.17, 15) is 4.79 Å². The van der Waals surface area contributed by atoms with Crippen molar-refractivity contribution in [3.8, 4) is 5.75 Å². The Labute approximate surface area is 166 Å². The van der Waals surface area contributed by atoms with Crippen molar-refractivity contribution in [2.75, 3.05) is 25.1 Å². The van der Waals surface area contributed by atoms with E-state index in [1.165, 1.54) is 19.1 Å². The second-order valence-electron chi connectivity index (χ2n) is 5.96. The van der Waals surface area contributed by atoms with Gasteiger partial charge in [0.15, 0.2) is 5.75 Å². The summed E-state index contributed by atoms with van der Waals surface area (Å²) in [6.07, 6.45) is 3.98. The lowest BCUT2D eigenvalue weighted by molar-refractivity contribution is 0.0955. The lowest BCUT2D eigenvalue weighted by atomic mass is 10.2. The third-order valence-corrected chi connectivity index (χ3v) is 5.07. The van der Waals surface area contributed by atoms with Gasteiger partial charge in [0.25, 0.3) is 5.91 Å². The monoisotopic (exact) mass is 435 g/mol. The Morgan fingerprint density at radius 3 is 2.58 bits per heavy atom. The first-order valence-corrected chi connectivity index (χ1v) is 9.47. The van der Waals surface area contributed by atoms with Crippen LogP contribution < -0.4 is 15.1 Å². The van der Waals surface area contributed by atoms with Crippen LogP contribution >= 0.6 is 27.5 Å². The van der Waals surface area contributed by atoms with Crippen molar-refractivity contribution in [2.45, 2.75) is 12.8 Å². The Hall–Kier alpha value is -2.05. The second kappa shape index (κ2) is 8.56. The van der Waals surface area contributed by atoms with Crippen molar-refractivity contribution < 1.29 is 9.53 Å². The Morgan fingerprint density at radius 1 is 1.27 bits per heavy atom. The molecule has 1 N–H and O–H groups in total. The number of benzene rings is 2. The Bertz CT molecular complexity index is 795. The zero-order valence-electron chi connectivity index (χ0n) is 14.3. The second-order valence-corrected chi connectivity index (χ2v) is 7.22. The third kappa shape index (κ3) is 4.37. The number of ether oxygens (including phenoxy) is 1. The summed E-state index contributed by atoms with van der Waals surface area (Å²) in [7, 11) is 1.55. The third-order valence-electron chi connectivity index (χ3n) is 4.21. The highest BCUT2D eigenvalue weighted by atomic mass is 79.9. The fourth-order valence-corrected chi connectivity index (χ4v) is 3.94. The Kier molecular flexibility index (Phi) is 6.16. The SMILES string of the molecule is COc1c(Cl)cc(/C=N\NC(=O)c2ccc(N3CCCC3)cc2)cc1Br. The van der Waals surface area contributed by atoms with Gasteiger partial charge in [-0.05, 0) is 70.7 Å². The van der Waals surface area contributed by atoms with Crippen LogP contribution in [0.25, 0.3) is 0 Å². The van der Waals surface area contributed by atoms with Crippen molar-refractivity contribution in [1.82, 2.24) is 5.43 Å². The number of nitrogens with zero attached hydrogens (tertiary/aromatic N) is 2. The van der Waals surface area contributed by atoms with E-state index >= 15 is 0 Å². The van der Waals surface area contributed by atoms with Gasteiger partial charge in [0.05, 0.1) is 22.8 Å². The number of halogens is 2. The first-order valence-electron chi connectivity index (χ1n) is 8.30. The number of hydrogen-bond donors (Lipinski definition) is 1. The lowest BCUT2D eigenvalue weighted by Crippen LogP contribution is -2.19. The summed E-state index contributed by atoms with van der Waals surface area (Å²) in [5.41, 5.74) is 5.00. The quantitative estimate of drug-likeness (QED) is 0.555. The van der Waals surface area contributed by atoms with Gasteiger partial charge in [-0.1, -0.05) is 11.6 Å². The van der Waals surface area contributed by atoms with Crippen molar-refractivity contribution in [2.24, 2.45) is 5.10 Å². The highest BCUT2D eigenvalue weighted by Crippen LogP contribution is 2.33. The average Bonchev–Trinajstić information content (AvgIpc) is 3.16. The molecule has 1 amide bonds. The van der Waals surface area contributed by atoms with E-state index in [1.807, 2.05) is 30.3 Å². The van der Waals surface area contributed by atoms with Crippen molar-refractivity contribution in [3.63, 3.8) is 0 Å². The largest absolute Gasteiger partial charge is 0.494 e. The molecule has 0 aliphatic carbocycles. The number of hydrazone groups is 1. The van der Waals surface area contributed by atoms with Crippen LogP contribution in [-0.4, -0.2) is 32.3 Å². The van der Waals surface area contributed by atoms with Crippen LogP contribution in [0.2, 0.25) is 5.02 Å². The van der Waals surface area contributed by atoms with Gasteiger partial charge < -0.3 is 9.64 Å². The van der Waals surface area contributed by atoms with Gasteiger partial charge >= 0.3 is 0 Å². The Balaban J connectivity index is 1.62. The van der Waals surface area contributed by atoms with Crippen LogP contribution in [0.3, 0.4) is 0 Å². The first kappa shape index (κ1) is 18.7. The zero-order chi connectivity index (χ0) is 18.5. The normalized spacial score (nSPS) is 14.0. The first-order chi connectivity index (χ1) is 12.6. The molecule has 1 heterocycles. The van der Waals surface area contributed by atoms with Crippen LogP contribution in [0.1, 0.15) is 28.8 Å². The number of carbonyl (C=O) groups excluding carboxylic acids is 1. The maximum absolute atomic E-state index is 12.2. The van der Waals surface area contributed by atoms with E-state index in [2.05, 4.69) is 31.4 Å². The summed E-state index contributed by atoms with van der Waals surface area (Å²) < 4.78 is 5.90. The molecule has 0 unspecified atom stereocenters. The van der Waals surface area contributed by atoms with E-state index in [0.29, 0.717) is 16.3 Å². The number of nitrogens with one attached hydrogen (secondary N) is 1. The fourth-order valence-electron chi connectivity index (χ4n) is 2.88. The number of anilines is 1. The van der Waals surface area contributed by atoms with Gasteiger partial charge in [0, 0.05) is 24.3 Å². The number of methoxy groups -OCH3 is 1.